The first-order valence-electron chi connectivity index (χ1n) is 7.67. The summed E-state index contributed by atoms with van der Waals surface area (Å²) >= 11 is 0. The van der Waals surface area contributed by atoms with Crippen LogP contribution in [0.1, 0.15) is 22.3 Å². The Bertz CT molecular complexity index is 697. The molecule has 24 heavy (non-hydrogen) atoms. The summed E-state index contributed by atoms with van der Waals surface area (Å²) in [5.41, 5.74) is 3.92. The molecule has 0 bridgehead atoms. The van der Waals surface area contributed by atoms with Crippen molar-refractivity contribution in [3.05, 3.63) is 46.5 Å². The van der Waals surface area contributed by atoms with E-state index in [1.807, 2.05) is 50.3 Å². The highest BCUT2D eigenvalue weighted by atomic mass is 16.5. The SMILES string of the molecule is COc1cc(C=Cc2c(OC)cc(C)cc2OC)cc(OC)c1C. The molecule has 0 saturated carbocycles. The van der Waals surface area contributed by atoms with Gasteiger partial charge >= 0.3 is 0 Å². The Morgan fingerprint density at radius 1 is 0.625 bits per heavy atom. The maximum Gasteiger partial charge on any atom is 0.130 e. The van der Waals surface area contributed by atoms with Crippen LogP contribution in [0, 0.1) is 13.8 Å². The molecule has 0 heterocycles. The number of ether oxygens (including phenoxy) is 4. The first-order valence-corrected chi connectivity index (χ1v) is 7.67. The van der Waals surface area contributed by atoms with Crippen LogP contribution in [-0.2, 0) is 0 Å². The summed E-state index contributed by atoms with van der Waals surface area (Å²) in [6.45, 7) is 3.98. The van der Waals surface area contributed by atoms with Crippen LogP contribution in [0.2, 0.25) is 0 Å². The molecular weight excluding hydrogens is 304 g/mol. The molecule has 2 rings (SSSR count). The van der Waals surface area contributed by atoms with Crippen LogP contribution in [0.5, 0.6) is 23.0 Å². The maximum absolute atomic E-state index is 5.49. The fourth-order valence-corrected chi connectivity index (χ4v) is 2.62. The van der Waals surface area contributed by atoms with Crippen molar-refractivity contribution in [1.82, 2.24) is 0 Å². The molecule has 4 heteroatoms. The first-order chi connectivity index (χ1) is 11.5. The predicted molar refractivity (Wildman–Crippen MR) is 97.5 cm³/mol. The molecule has 0 aromatic heterocycles. The van der Waals surface area contributed by atoms with Crippen molar-refractivity contribution < 1.29 is 18.9 Å². The van der Waals surface area contributed by atoms with Gasteiger partial charge in [-0.3, -0.25) is 0 Å². The van der Waals surface area contributed by atoms with Gasteiger partial charge in [-0.15, -0.1) is 0 Å². The second-order valence-electron chi connectivity index (χ2n) is 5.47. The van der Waals surface area contributed by atoms with Crippen LogP contribution in [0.15, 0.2) is 24.3 Å². The van der Waals surface area contributed by atoms with Gasteiger partial charge in [0.25, 0.3) is 0 Å². The summed E-state index contributed by atoms with van der Waals surface area (Å²) in [5.74, 6) is 3.12. The van der Waals surface area contributed by atoms with Gasteiger partial charge in [0.15, 0.2) is 0 Å². The molecule has 128 valence electrons. The van der Waals surface area contributed by atoms with Crippen LogP contribution in [0.25, 0.3) is 12.2 Å². The molecular formula is C20H24O4. The van der Waals surface area contributed by atoms with Gasteiger partial charge in [-0.1, -0.05) is 6.08 Å². The molecule has 0 spiro atoms. The zero-order chi connectivity index (χ0) is 17.7. The molecule has 0 aliphatic rings. The highest BCUT2D eigenvalue weighted by Gasteiger charge is 2.10. The lowest BCUT2D eigenvalue weighted by atomic mass is 10.1. The molecule has 0 aliphatic carbocycles. The number of benzene rings is 2. The summed E-state index contributed by atoms with van der Waals surface area (Å²) in [6, 6.07) is 7.92. The lowest BCUT2D eigenvalue weighted by molar-refractivity contribution is 0.388. The monoisotopic (exact) mass is 328 g/mol. The molecule has 0 N–H and O–H groups in total. The summed E-state index contributed by atoms with van der Waals surface area (Å²) in [7, 11) is 6.62. The van der Waals surface area contributed by atoms with Crippen molar-refractivity contribution in [3.63, 3.8) is 0 Å². The molecule has 2 aromatic rings. The van der Waals surface area contributed by atoms with Crippen LogP contribution in [0.4, 0.5) is 0 Å². The molecule has 0 aliphatic heterocycles. The Kier molecular flexibility index (Phi) is 5.74. The normalized spacial score (nSPS) is 10.8. The number of hydrogen-bond acceptors (Lipinski definition) is 4. The molecule has 4 nitrogen and oxygen atoms in total. The maximum atomic E-state index is 5.49. The molecule has 0 fully saturated rings. The number of rotatable bonds is 6. The number of aryl methyl sites for hydroxylation is 1. The Hall–Kier alpha value is -2.62. The van der Waals surface area contributed by atoms with Crippen LogP contribution in [0.3, 0.4) is 0 Å². The van der Waals surface area contributed by atoms with E-state index in [9.17, 15) is 0 Å². The summed E-state index contributed by atoms with van der Waals surface area (Å²) < 4.78 is 21.8. The third kappa shape index (κ3) is 3.65. The first kappa shape index (κ1) is 17.7. The Morgan fingerprint density at radius 3 is 1.50 bits per heavy atom. The second kappa shape index (κ2) is 7.77. The Labute approximate surface area is 143 Å². The third-order valence-corrected chi connectivity index (χ3v) is 3.91. The van der Waals surface area contributed by atoms with E-state index in [1.165, 1.54) is 0 Å². The Morgan fingerprint density at radius 2 is 1.08 bits per heavy atom. The van der Waals surface area contributed by atoms with E-state index in [0.29, 0.717) is 0 Å². The second-order valence-corrected chi connectivity index (χ2v) is 5.47. The highest BCUT2D eigenvalue weighted by Crippen LogP contribution is 2.34. The quantitative estimate of drug-likeness (QED) is 0.731. The highest BCUT2D eigenvalue weighted by molar-refractivity contribution is 5.77. The molecule has 0 unspecified atom stereocenters. The van der Waals surface area contributed by atoms with Crippen molar-refractivity contribution in [3.8, 4) is 23.0 Å². The van der Waals surface area contributed by atoms with Crippen LogP contribution in [-0.4, -0.2) is 28.4 Å². The van der Waals surface area contributed by atoms with Gasteiger partial charge in [0.2, 0.25) is 0 Å². The predicted octanol–water partition coefficient (Wildman–Crippen LogP) is 4.51. The van der Waals surface area contributed by atoms with E-state index >= 15 is 0 Å². The van der Waals surface area contributed by atoms with Crippen LogP contribution >= 0.6 is 0 Å². The molecule has 0 radical (unpaired) electrons. The summed E-state index contributed by atoms with van der Waals surface area (Å²) in [6.07, 6.45) is 3.96. The minimum atomic E-state index is 0.772. The number of hydrogen-bond donors (Lipinski definition) is 0. The van der Waals surface area contributed by atoms with Gasteiger partial charge in [-0.05, 0) is 55.3 Å². The van der Waals surface area contributed by atoms with Crippen molar-refractivity contribution in [1.29, 1.82) is 0 Å². The van der Waals surface area contributed by atoms with Crippen LogP contribution < -0.4 is 18.9 Å². The summed E-state index contributed by atoms with van der Waals surface area (Å²) in [5, 5.41) is 0. The van der Waals surface area contributed by atoms with Gasteiger partial charge < -0.3 is 18.9 Å². The third-order valence-electron chi connectivity index (χ3n) is 3.91. The smallest absolute Gasteiger partial charge is 0.130 e. The fourth-order valence-electron chi connectivity index (χ4n) is 2.62. The largest absolute Gasteiger partial charge is 0.496 e. The Balaban J connectivity index is 2.48. The van der Waals surface area contributed by atoms with E-state index in [-0.39, 0.29) is 0 Å². The average Bonchev–Trinajstić information content (AvgIpc) is 2.60. The lowest BCUT2D eigenvalue weighted by Gasteiger charge is -2.13. The number of methoxy groups -OCH3 is 4. The zero-order valence-corrected chi connectivity index (χ0v) is 15.1. The van der Waals surface area contributed by atoms with E-state index in [0.717, 1.165) is 45.3 Å². The van der Waals surface area contributed by atoms with Crippen molar-refractivity contribution in [2.75, 3.05) is 28.4 Å². The van der Waals surface area contributed by atoms with Crippen molar-refractivity contribution >= 4 is 12.2 Å². The van der Waals surface area contributed by atoms with Gasteiger partial charge in [0, 0.05) is 5.56 Å². The van der Waals surface area contributed by atoms with E-state index in [1.54, 1.807) is 28.4 Å². The standard InChI is InChI=1S/C20H24O4/c1-13-9-19(23-5)16(20(10-13)24-6)8-7-15-11-17(21-3)14(2)18(12-15)22-4/h7-12H,1-6H3. The van der Waals surface area contributed by atoms with E-state index in [2.05, 4.69) is 0 Å². The van der Waals surface area contributed by atoms with Crippen molar-refractivity contribution in [2.24, 2.45) is 0 Å². The lowest BCUT2D eigenvalue weighted by Crippen LogP contribution is -1.94. The molecule has 0 saturated heterocycles. The minimum Gasteiger partial charge on any atom is -0.496 e. The molecule has 0 atom stereocenters. The zero-order valence-electron chi connectivity index (χ0n) is 15.1. The van der Waals surface area contributed by atoms with E-state index in [4.69, 9.17) is 18.9 Å². The fraction of sp³-hybridized carbons (Fsp3) is 0.300. The van der Waals surface area contributed by atoms with Gasteiger partial charge in [0.1, 0.15) is 23.0 Å². The topological polar surface area (TPSA) is 36.9 Å². The van der Waals surface area contributed by atoms with Crippen molar-refractivity contribution in [2.45, 2.75) is 13.8 Å². The van der Waals surface area contributed by atoms with E-state index < -0.39 is 0 Å². The minimum absolute atomic E-state index is 0.772. The van der Waals surface area contributed by atoms with Gasteiger partial charge in [0.05, 0.1) is 34.0 Å². The van der Waals surface area contributed by atoms with Gasteiger partial charge in [-0.2, -0.15) is 0 Å². The van der Waals surface area contributed by atoms with Gasteiger partial charge in [-0.25, -0.2) is 0 Å². The average molecular weight is 328 g/mol. The molecule has 0 amide bonds. The molecule has 2 aromatic carbocycles. The summed E-state index contributed by atoms with van der Waals surface area (Å²) in [4.78, 5) is 0.